The van der Waals surface area contributed by atoms with Crippen LogP contribution in [0.4, 0.5) is 0 Å². The SMILES string of the molecule is COCC(C)(N)c1noc(-c2ccn(C)c(=O)c2)n1. The highest BCUT2D eigenvalue weighted by Crippen LogP contribution is 2.20. The van der Waals surface area contributed by atoms with Crippen LogP contribution in [0.25, 0.3) is 11.5 Å². The zero-order valence-corrected chi connectivity index (χ0v) is 11.1. The fourth-order valence-electron chi connectivity index (χ4n) is 1.62. The van der Waals surface area contributed by atoms with Gasteiger partial charge in [0.05, 0.1) is 6.61 Å². The summed E-state index contributed by atoms with van der Waals surface area (Å²) in [6.07, 6.45) is 1.64. The Labute approximate surface area is 110 Å². The van der Waals surface area contributed by atoms with Crippen LogP contribution in [-0.4, -0.2) is 28.4 Å². The molecule has 0 aliphatic carbocycles. The summed E-state index contributed by atoms with van der Waals surface area (Å²) in [5.74, 6) is 0.602. The molecular weight excluding hydrogens is 248 g/mol. The highest BCUT2D eigenvalue weighted by molar-refractivity contribution is 5.51. The van der Waals surface area contributed by atoms with Gasteiger partial charge in [0.15, 0.2) is 5.82 Å². The number of aryl methyl sites for hydroxylation is 1. The summed E-state index contributed by atoms with van der Waals surface area (Å²) >= 11 is 0. The summed E-state index contributed by atoms with van der Waals surface area (Å²) in [5.41, 5.74) is 5.60. The number of nitrogens with zero attached hydrogens (tertiary/aromatic N) is 3. The van der Waals surface area contributed by atoms with Gasteiger partial charge in [-0.1, -0.05) is 5.16 Å². The van der Waals surface area contributed by atoms with Crippen molar-refractivity contribution in [2.45, 2.75) is 12.5 Å². The number of aromatic nitrogens is 3. The van der Waals surface area contributed by atoms with E-state index in [4.69, 9.17) is 15.0 Å². The molecule has 2 aromatic rings. The van der Waals surface area contributed by atoms with Gasteiger partial charge in [-0.3, -0.25) is 4.79 Å². The van der Waals surface area contributed by atoms with Crippen LogP contribution in [0.15, 0.2) is 27.6 Å². The van der Waals surface area contributed by atoms with E-state index in [-0.39, 0.29) is 18.1 Å². The lowest BCUT2D eigenvalue weighted by atomic mass is 10.1. The molecule has 2 heterocycles. The minimum atomic E-state index is -0.837. The van der Waals surface area contributed by atoms with E-state index in [9.17, 15) is 4.79 Å². The lowest BCUT2D eigenvalue weighted by Crippen LogP contribution is -2.38. The molecule has 7 heteroatoms. The summed E-state index contributed by atoms with van der Waals surface area (Å²) in [7, 11) is 3.22. The molecule has 1 atom stereocenters. The molecule has 0 saturated heterocycles. The van der Waals surface area contributed by atoms with E-state index >= 15 is 0 Å². The zero-order valence-electron chi connectivity index (χ0n) is 11.1. The highest BCUT2D eigenvalue weighted by Gasteiger charge is 2.27. The number of hydrogen-bond donors (Lipinski definition) is 1. The van der Waals surface area contributed by atoms with Crippen molar-refractivity contribution in [1.29, 1.82) is 0 Å². The van der Waals surface area contributed by atoms with Crippen molar-refractivity contribution in [3.8, 4) is 11.5 Å². The van der Waals surface area contributed by atoms with Gasteiger partial charge in [-0.15, -0.1) is 0 Å². The normalized spacial score (nSPS) is 14.3. The van der Waals surface area contributed by atoms with Gasteiger partial charge >= 0.3 is 0 Å². The molecule has 0 fully saturated rings. The van der Waals surface area contributed by atoms with Crippen molar-refractivity contribution in [1.82, 2.24) is 14.7 Å². The van der Waals surface area contributed by atoms with E-state index in [1.165, 1.54) is 10.6 Å². The van der Waals surface area contributed by atoms with Crippen LogP contribution in [0.5, 0.6) is 0 Å². The fraction of sp³-hybridized carbons (Fsp3) is 0.417. The van der Waals surface area contributed by atoms with Crippen LogP contribution in [0, 0.1) is 0 Å². The molecule has 0 aliphatic heterocycles. The van der Waals surface area contributed by atoms with Crippen molar-refractivity contribution >= 4 is 0 Å². The van der Waals surface area contributed by atoms with Crippen LogP contribution >= 0.6 is 0 Å². The lowest BCUT2D eigenvalue weighted by molar-refractivity contribution is 0.135. The van der Waals surface area contributed by atoms with E-state index in [0.29, 0.717) is 11.4 Å². The highest BCUT2D eigenvalue weighted by atomic mass is 16.5. The number of methoxy groups -OCH3 is 1. The number of ether oxygens (including phenoxy) is 1. The first kappa shape index (κ1) is 13.4. The number of hydrogen-bond acceptors (Lipinski definition) is 6. The van der Waals surface area contributed by atoms with Crippen LogP contribution in [0.3, 0.4) is 0 Å². The topological polar surface area (TPSA) is 96.2 Å². The molecule has 0 bridgehead atoms. The van der Waals surface area contributed by atoms with E-state index < -0.39 is 5.54 Å². The summed E-state index contributed by atoms with van der Waals surface area (Å²) < 4.78 is 11.6. The summed E-state index contributed by atoms with van der Waals surface area (Å²) in [6.45, 7) is 2.01. The quantitative estimate of drug-likeness (QED) is 0.850. The first-order valence-corrected chi connectivity index (χ1v) is 5.73. The van der Waals surface area contributed by atoms with Gasteiger partial charge in [0.2, 0.25) is 0 Å². The van der Waals surface area contributed by atoms with Crippen molar-refractivity contribution < 1.29 is 9.26 Å². The maximum Gasteiger partial charge on any atom is 0.258 e. The Kier molecular flexibility index (Phi) is 3.50. The van der Waals surface area contributed by atoms with Gasteiger partial charge in [0.1, 0.15) is 5.54 Å². The average molecular weight is 264 g/mol. The van der Waals surface area contributed by atoms with Gasteiger partial charge in [-0.25, -0.2) is 0 Å². The Hall–Kier alpha value is -1.99. The summed E-state index contributed by atoms with van der Waals surface area (Å²) in [5, 5.41) is 3.84. The molecule has 0 spiro atoms. The monoisotopic (exact) mass is 264 g/mol. The fourth-order valence-corrected chi connectivity index (χ4v) is 1.62. The third-order valence-corrected chi connectivity index (χ3v) is 2.73. The molecule has 19 heavy (non-hydrogen) atoms. The average Bonchev–Trinajstić information content (AvgIpc) is 2.83. The second kappa shape index (κ2) is 4.94. The predicted octanol–water partition coefficient (Wildman–Crippen LogP) is 0.256. The molecule has 102 valence electrons. The molecule has 0 amide bonds. The van der Waals surface area contributed by atoms with Gasteiger partial charge in [-0.05, 0) is 13.0 Å². The first-order chi connectivity index (χ1) is 8.94. The molecule has 0 radical (unpaired) electrons. The smallest absolute Gasteiger partial charge is 0.258 e. The number of nitrogens with two attached hydrogens (primary N) is 1. The maximum absolute atomic E-state index is 11.5. The summed E-state index contributed by atoms with van der Waals surface area (Å²) in [6, 6.07) is 3.16. The van der Waals surface area contributed by atoms with Gasteiger partial charge in [-0.2, -0.15) is 4.98 Å². The minimum absolute atomic E-state index is 0.148. The van der Waals surface area contributed by atoms with Crippen molar-refractivity contribution in [3.05, 3.63) is 34.5 Å². The van der Waals surface area contributed by atoms with Crippen LogP contribution in [-0.2, 0) is 17.3 Å². The van der Waals surface area contributed by atoms with Gasteiger partial charge in [0, 0.05) is 32.0 Å². The van der Waals surface area contributed by atoms with Crippen molar-refractivity contribution in [3.63, 3.8) is 0 Å². The van der Waals surface area contributed by atoms with E-state index in [0.717, 1.165) is 0 Å². The molecule has 2 aromatic heterocycles. The number of rotatable bonds is 4. The molecular formula is C12H16N4O3. The zero-order chi connectivity index (χ0) is 14.0. The number of pyridine rings is 1. The Morgan fingerprint density at radius 2 is 2.32 bits per heavy atom. The molecule has 2 rings (SSSR count). The van der Waals surface area contributed by atoms with E-state index in [1.807, 2.05) is 0 Å². The second-order valence-electron chi connectivity index (χ2n) is 4.64. The first-order valence-electron chi connectivity index (χ1n) is 5.73. The minimum Gasteiger partial charge on any atom is -0.382 e. The Morgan fingerprint density at radius 1 is 1.58 bits per heavy atom. The Bertz CT molecular complexity index is 630. The maximum atomic E-state index is 11.5. The lowest BCUT2D eigenvalue weighted by Gasteiger charge is -2.18. The van der Waals surface area contributed by atoms with E-state index in [1.54, 1.807) is 33.3 Å². The van der Waals surface area contributed by atoms with Crippen molar-refractivity contribution in [2.75, 3.05) is 13.7 Å². The van der Waals surface area contributed by atoms with Crippen molar-refractivity contribution in [2.24, 2.45) is 12.8 Å². The molecule has 2 N–H and O–H groups in total. The Balaban J connectivity index is 2.35. The Morgan fingerprint density at radius 3 is 2.95 bits per heavy atom. The van der Waals surface area contributed by atoms with Gasteiger partial charge in [0.25, 0.3) is 11.4 Å². The predicted molar refractivity (Wildman–Crippen MR) is 68.4 cm³/mol. The molecule has 0 aliphatic rings. The molecule has 0 aromatic carbocycles. The van der Waals surface area contributed by atoms with Crippen LogP contribution in [0.1, 0.15) is 12.7 Å². The largest absolute Gasteiger partial charge is 0.382 e. The van der Waals surface area contributed by atoms with Crippen LogP contribution < -0.4 is 11.3 Å². The standard InChI is InChI=1S/C12H16N4O3/c1-12(13,7-18-3)11-14-10(19-15-11)8-4-5-16(2)9(17)6-8/h4-6H,7,13H2,1-3H3. The van der Waals surface area contributed by atoms with E-state index in [2.05, 4.69) is 10.1 Å². The second-order valence-corrected chi connectivity index (χ2v) is 4.64. The molecule has 1 unspecified atom stereocenters. The van der Waals surface area contributed by atoms with Gasteiger partial charge < -0.3 is 19.6 Å². The third kappa shape index (κ3) is 2.72. The van der Waals surface area contributed by atoms with Crippen LogP contribution in [0.2, 0.25) is 0 Å². The molecule has 0 saturated carbocycles. The summed E-state index contributed by atoms with van der Waals surface area (Å²) in [4.78, 5) is 15.8. The molecule has 7 nitrogen and oxygen atoms in total. The third-order valence-electron chi connectivity index (χ3n) is 2.73.